The smallest absolute Gasteiger partial charge is 0.353 e. The number of aromatic nitrogens is 2. The number of halogens is 3. The molecule has 25 heavy (non-hydrogen) atoms. The van der Waals surface area contributed by atoms with Gasteiger partial charge in [-0.2, -0.15) is 18.3 Å². The molecule has 3 rings (SSSR count). The van der Waals surface area contributed by atoms with Crippen LogP contribution in [0.2, 0.25) is 0 Å². The van der Waals surface area contributed by atoms with Gasteiger partial charge in [0.2, 0.25) is 5.91 Å². The first-order valence-corrected chi connectivity index (χ1v) is 8.96. The van der Waals surface area contributed by atoms with Crippen LogP contribution < -0.4 is 5.32 Å². The zero-order chi connectivity index (χ0) is 17.9. The molecule has 5 nitrogen and oxygen atoms in total. The lowest BCUT2D eigenvalue weighted by atomic mass is 10.2. The summed E-state index contributed by atoms with van der Waals surface area (Å²) in [5.41, 5.74) is -0.992. The minimum Gasteiger partial charge on any atom is -0.353 e. The Morgan fingerprint density at radius 3 is 2.68 bits per heavy atom. The van der Waals surface area contributed by atoms with E-state index in [9.17, 15) is 18.0 Å². The molecule has 0 radical (unpaired) electrons. The Kier molecular flexibility index (Phi) is 5.43. The third-order valence-corrected chi connectivity index (χ3v) is 5.16. The average Bonchev–Trinajstić information content (AvgIpc) is 3.29. The molecule has 1 aliphatic heterocycles. The van der Waals surface area contributed by atoms with E-state index in [1.165, 1.54) is 11.1 Å². The van der Waals surface area contributed by atoms with Gasteiger partial charge in [-0.15, -0.1) is 11.3 Å². The number of hydrogen-bond donors (Lipinski definition) is 1. The van der Waals surface area contributed by atoms with E-state index in [4.69, 9.17) is 0 Å². The number of amides is 1. The molecule has 0 aliphatic carbocycles. The van der Waals surface area contributed by atoms with Crippen LogP contribution in [0.25, 0.3) is 0 Å². The fourth-order valence-electron chi connectivity index (χ4n) is 2.96. The summed E-state index contributed by atoms with van der Waals surface area (Å²) in [4.78, 5) is 15.6. The van der Waals surface area contributed by atoms with Gasteiger partial charge in [0.15, 0.2) is 5.69 Å². The van der Waals surface area contributed by atoms with Crippen LogP contribution in [0, 0.1) is 0 Å². The maximum absolute atomic E-state index is 12.5. The van der Waals surface area contributed by atoms with E-state index in [1.54, 1.807) is 11.3 Å². The topological polar surface area (TPSA) is 50.2 Å². The summed E-state index contributed by atoms with van der Waals surface area (Å²) in [5.74, 6) is -0.349. The third kappa shape index (κ3) is 4.60. The highest BCUT2D eigenvalue weighted by molar-refractivity contribution is 7.10. The van der Waals surface area contributed by atoms with E-state index in [0.717, 1.165) is 36.7 Å². The number of likely N-dealkylation sites (tertiary alicyclic amines) is 1. The summed E-state index contributed by atoms with van der Waals surface area (Å²) in [7, 11) is 0. The fourth-order valence-corrected chi connectivity index (χ4v) is 3.82. The van der Waals surface area contributed by atoms with E-state index in [0.29, 0.717) is 6.54 Å². The third-order valence-electron chi connectivity index (χ3n) is 4.18. The standard InChI is InChI=1S/C16H19F3N4OS/c17-16(18,19)14-5-8-23(21-14)11-15(24)20-10-12(13-4-3-9-25-13)22-6-1-2-7-22/h3-5,8-9,12H,1-2,6-7,10-11H2,(H,20,24). The molecule has 3 heterocycles. The molecule has 1 N–H and O–H groups in total. The Labute approximate surface area is 147 Å². The average molecular weight is 372 g/mol. The second kappa shape index (κ2) is 7.57. The van der Waals surface area contributed by atoms with Crippen molar-refractivity contribution < 1.29 is 18.0 Å². The van der Waals surface area contributed by atoms with Crippen LogP contribution in [-0.4, -0.2) is 40.2 Å². The molecule has 1 atom stereocenters. The molecule has 136 valence electrons. The highest BCUT2D eigenvalue weighted by atomic mass is 32.1. The van der Waals surface area contributed by atoms with Gasteiger partial charge in [-0.25, -0.2) is 0 Å². The SMILES string of the molecule is O=C(Cn1ccc(C(F)(F)F)n1)NCC(c1cccs1)N1CCCC1. The van der Waals surface area contributed by atoms with Crippen molar-refractivity contribution in [2.75, 3.05) is 19.6 Å². The second-order valence-electron chi connectivity index (χ2n) is 5.97. The predicted octanol–water partition coefficient (Wildman–Crippen LogP) is 2.92. The Morgan fingerprint density at radius 2 is 2.08 bits per heavy atom. The second-order valence-corrected chi connectivity index (χ2v) is 6.95. The molecule has 2 aromatic rings. The lowest BCUT2D eigenvalue weighted by Gasteiger charge is -2.26. The van der Waals surface area contributed by atoms with Gasteiger partial charge in [-0.3, -0.25) is 14.4 Å². The molecule has 9 heteroatoms. The summed E-state index contributed by atoms with van der Waals surface area (Å²) >= 11 is 1.64. The number of thiophene rings is 1. The Morgan fingerprint density at radius 1 is 1.32 bits per heavy atom. The monoisotopic (exact) mass is 372 g/mol. The summed E-state index contributed by atoms with van der Waals surface area (Å²) in [6, 6.07) is 5.00. The predicted molar refractivity (Wildman–Crippen MR) is 88.1 cm³/mol. The minimum absolute atomic E-state index is 0.106. The number of carbonyl (C=O) groups excluding carboxylic acids is 1. The zero-order valence-corrected chi connectivity index (χ0v) is 14.3. The number of carbonyl (C=O) groups is 1. The molecular formula is C16H19F3N4OS. The first-order valence-electron chi connectivity index (χ1n) is 8.08. The Bertz CT molecular complexity index is 693. The van der Waals surface area contributed by atoms with Crippen molar-refractivity contribution in [3.63, 3.8) is 0 Å². The van der Waals surface area contributed by atoms with E-state index in [-0.39, 0.29) is 18.5 Å². The van der Waals surface area contributed by atoms with Crippen molar-refractivity contribution in [2.24, 2.45) is 0 Å². The van der Waals surface area contributed by atoms with E-state index in [1.807, 2.05) is 17.5 Å². The van der Waals surface area contributed by atoms with Crippen molar-refractivity contribution in [2.45, 2.75) is 31.6 Å². The van der Waals surface area contributed by atoms with Crippen molar-refractivity contribution in [1.29, 1.82) is 0 Å². The summed E-state index contributed by atoms with van der Waals surface area (Å²) in [5, 5.41) is 8.23. The fraction of sp³-hybridized carbons (Fsp3) is 0.500. The largest absolute Gasteiger partial charge is 0.435 e. The highest BCUT2D eigenvalue weighted by Crippen LogP contribution is 2.28. The molecule has 0 saturated carbocycles. The van der Waals surface area contributed by atoms with E-state index in [2.05, 4.69) is 15.3 Å². The highest BCUT2D eigenvalue weighted by Gasteiger charge is 2.33. The molecule has 1 fully saturated rings. The van der Waals surface area contributed by atoms with E-state index < -0.39 is 11.9 Å². The van der Waals surface area contributed by atoms with Gasteiger partial charge in [0.1, 0.15) is 6.54 Å². The van der Waals surface area contributed by atoms with Crippen LogP contribution in [0.5, 0.6) is 0 Å². The quantitative estimate of drug-likeness (QED) is 0.848. The van der Waals surface area contributed by atoms with Crippen LogP contribution in [0.1, 0.15) is 29.5 Å². The molecule has 1 amide bonds. The maximum atomic E-state index is 12.5. The van der Waals surface area contributed by atoms with Crippen molar-refractivity contribution >= 4 is 17.2 Å². The molecule has 1 unspecified atom stereocenters. The van der Waals surface area contributed by atoms with Gasteiger partial charge < -0.3 is 5.32 Å². The minimum atomic E-state index is -4.50. The number of alkyl halides is 3. The molecule has 2 aromatic heterocycles. The zero-order valence-electron chi connectivity index (χ0n) is 13.5. The van der Waals surface area contributed by atoms with Crippen molar-refractivity contribution in [1.82, 2.24) is 20.0 Å². The summed E-state index contributed by atoms with van der Waals surface area (Å²) in [6.45, 7) is 2.19. The molecular weight excluding hydrogens is 353 g/mol. The van der Waals surface area contributed by atoms with Crippen molar-refractivity contribution in [3.8, 4) is 0 Å². The van der Waals surface area contributed by atoms with Gasteiger partial charge >= 0.3 is 6.18 Å². The Balaban J connectivity index is 1.57. The Hall–Kier alpha value is -1.87. The van der Waals surface area contributed by atoms with Gasteiger partial charge in [-0.05, 0) is 43.4 Å². The molecule has 0 bridgehead atoms. The van der Waals surface area contributed by atoms with Crippen LogP contribution in [-0.2, 0) is 17.5 Å². The summed E-state index contributed by atoms with van der Waals surface area (Å²) < 4.78 is 38.6. The molecule has 0 spiro atoms. The number of hydrogen-bond acceptors (Lipinski definition) is 4. The van der Waals surface area contributed by atoms with Crippen LogP contribution in [0.15, 0.2) is 29.8 Å². The molecule has 1 aliphatic rings. The van der Waals surface area contributed by atoms with Gasteiger partial charge in [0.25, 0.3) is 0 Å². The van der Waals surface area contributed by atoms with Gasteiger partial charge in [-0.1, -0.05) is 6.07 Å². The van der Waals surface area contributed by atoms with Crippen LogP contribution >= 0.6 is 11.3 Å². The van der Waals surface area contributed by atoms with Crippen LogP contribution in [0.4, 0.5) is 13.2 Å². The molecule has 1 saturated heterocycles. The lowest BCUT2D eigenvalue weighted by Crippen LogP contribution is -2.37. The number of nitrogens with zero attached hydrogens (tertiary/aromatic N) is 3. The summed E-state index contributed by atoms with van der Waals surface area (Å²) in [6.07, 6.45) is -1.05. The van der Waals surface area contributed by atoms with Gasteiger partial charge in [0.05, 0.1) is 6.04 Å². The number of nitrogens with one attached hydrogen (secondary N) is 1. The van der Waals surface area contributed by atoms with Crippen LogP contribution in [0.3, 0.4) is 0 Å². The van der Waals surface area contributed by atoms with E-state index >= 15 is 0 Å². The maximum Gasteiger partial charge on any atom is 0.435 e. The first-order chi connectivity index (χ1) is 11.9. The first kappa shape index (κ1) is 17.9. The molecule has 0 aromatic carbocycles. The number of rotatable bonds is 6. The van der Waals surface area contributed by atoms with Gasteiger partial charge in [0, 0.05) is 17.6 Å². The van der Waals surface area contributed by atoms with Crippen molar-refractivity contribution in [3.05, 3.63) is 40.3 Å². The lowest BCUT2D eigenvalue weighted by molar-refractivity contribution is -0.141. The normalized spacial score (nSPS) is 16.9.